The minimum absolute atomic E-state index is 0.00137. The minimum Gasteiger partial charge on any atom is -0.391 e. The topological polar surface area (TPSA) is 75.4 Å². The Kier molecular flexibility index (Phi) is 2.75. The maximum atomic E-state index is 12.2. The van der Waals surface area contributed by atoms with Crippen LogP contribution in [-0.2, 0) is 4.79 Å². The van der Waals surface area contributed by atoms with Gasteiger partial charge in [-0.3, -0.25) is 4.79 Å². The molecule has 0 unspecified atom stereocenters. The molecule has 3 atom stereocenters. The standard InChI is InChI=1S/C12H22N2O2/c1-11(2)8-3-4-12(7-8,9(11)15)10(16)14-6-5-13/h8-9,15H,3-7,13H2,1-2H3,(H,14,16)/t8-,9+,12-/m0/s1. The van der Waals surface area contributed by atoms with Gasteiger partial charge in [-0.05, 0) is 30.6 Å². The van der Waals surface area contributed by atoms with Gasteiger partial charge >= 0.3 is 0 Å². The number of carbonyl (C=O) groups excluding carboxylic acids is 1. The van der Waals surface area contributed by atoms with E-state index in [9.17, 15) is 9.90 Å². The Hall–Kier alpha value is -0.610. The lowest BCUT2D eigenvalue weighted by molar-refractivity contribution is -0.140. The van der Waals surface area contributed by atoms with Crippen molar-refractivity contribution in [2.75, 3.05) is 13.1 Å². The summed E-state index contributed by atoms with van der Waals surface area (Å²) < 4.78 is 0. The van der Waals surface area contributed by atoms with E-state index in [-0.39, 0.29) is 11.3 Å². The SMILES string of the molecule is CC1(C)[C@H]2CC[C@](C(=O)NCCN)(C2)[C@@H]1O. The number of fused-ring (bicyclic) bond motifs is 2. The Bertz CT molecular complexity index is 303. The third kappa shape index (κ3) is 1.39. The normalized spacial score (nSPS) is 40.0. The fraction of sp³-hybridized carbons (Fsp3) is 0.917. The second-order valence-corrected chi connectivity index (χ2v) is 5.86. The Labute approximate surface area is 96.6 Å². The molecule has 2 bridgehead atoms. The summed E-state index contributed by atoms with van der Waals surface area (Å²) >= 11 is 0. The fourth-order valence-corrected chi connectivity index (χ4v) is 3.59. The molecule has 2 saturated carbocycles. The van der Waals surface area contributed by atoms with Crippen LogP contribution in [0.5, 0.6) is 0 Å². The number of carbonyl (C=O) groups is 1. The highest BCUT2D eigenvalue weighted by molar-refractivity contribution is 5.84. The molecular formula is C12H22N2O2. The van der Waals surface area contributed by atoms with E-state index < -0.39 is 11.5 Å². The summed E-state index contributed by atoms with van der Waals surface area (Å²) in [5, 5.41) is 13.2. The van der Waals surface area contributed by atoms with Crippen LogP contribution in [0, 0.1) is 16.7 Å². The largest absolute Gasteiger partial charge is 0.391 e. The Morgan fingerprint density at radius 2 is 2.25 bits per heavy atom. The summed E-state index contributed by atoms with van der Waals surface area (Å²) in [6.45, 7) is 5.09. The zero-order valence-corrected chi connectivity index (χ0v) is 10.1. The van der Waals surface area contributed by atoms with E-state index in [1.807, 2.05) is 0 Å². The molecule has 4 N–H and O–H groups in total. The molecule has 0 spiro atoms. The molecule has 0 radical (unpaired) electrons. The number of hydrogen-bond donors (Lipinski definition) is 3. The van der Waals surface area contributed by atoms with E-state index in [1.165, 1.54) is 0 Å². The molecule has 0 saturated heterocycles. The molecule has 1 amide bonds. The van der Waals surface area contributed by atoms with E-state index in [0.29, 0.717) is 19.0 Å². The predicted octanol–water partition coefficient (Wildman–Crippen LogP) is 0.249. The van der Waals surface area contributed by atoms with E-state index in [4.69, 9.17) is 5.73 Å². The zero-order valence-electron chi connectivity index (χ0n) is 10.1. The number of nitrogens with two attached hydrogens (primary N) is 1. The van der Waals surface area contributed by atoms with Crippen LogP contribution in [0.2, 0.25) is 0 Å². The third-order valence-corrected chi connectivity index (χ3v) is 4.71. The molecule has 0 aromatic rings. The molecule has 92 valence electrons. The van der Waals surface area contributed by atoms with Crippen LogP contribution in [0.15, 0.2) is 0 Å². The molecule has 4 nitrogen and oxygen atoms in total. The van der Waals surface area contributed by atoms with Crippen molar-refractivity contribution >= 4 is 5.91 Å². The smallest absolute Gasteiger partial charge is 0.228 e. The van der Waals surface area contributed by atoms with Gasteiger partial charge in [0, 0.05) is 13.1 Å². The third-order valence-electron chi connectivity index (χ3n) is 4.71. The molecule has 0 aromatic carbocycles. The summed E-state index contributed by atoms with van der Waals surface area (Å²) in [5.41, 5.74) is 4.72. The van der Waals surface area contributed by atoms with Crippen LogP contribution in [0.4, 0.5) is 0 Å². The molecule has 4 heteroatoms. The molecule has 0 aromatic heterocycles. The average Bonchev–Trinajstić information content (AvgIpc) is 2.76. The van der Waals surface area contributed by atoms with Crippen LogP contribution in [-0.4, -0.2) is 30.2 Å². The number of hydrogen-bond acceptors (Lipinski definition) is 3. The first-order valence-electron chi connectivity index (χ1n) is 6.11. The lowest BCUT2D eigenvalue weighted by Gasteiger charge is -2.39. The number of aliphatic hydroxyl groups is 1. The van der Waals surface area contributed by atoms with Gasteiger partial charge in [-0.1, -0.05) is 13.8 Å². The van der Waals surface area contributed by atoms with Crippen molar-refractivity contribution in [3.05, 3.63) is 0 Å². The molecular weight excluding hydrogens is 204 g/mol. The minimum atomic E-state index is -0.538. The number of rotatable bonds is 3. The van der Waals surface area contributed by atoms with Gasteiger partial charge < -0.3 is 16.2 Å². The van der Waals surface area contributed by atoms with Gasteiger partial charge in [0.15, 0.2) is 0 Å². The summed E-state index contributed by atoms with van der Waals surface area (Å²) in [7, 11) is 0. The average molecular weight is 226 g/mol. The van der Waals surface area contributed by atoms with Gasteiger partial charge in [-0.15, -0.1) is 0 Å². The first kappa shape index (κ1) is 11.9. The van der Waals surface area contributed by atoms with Crippen LogP contribution in [0.1, 0.15) is 33.1 Å². The first-order chi connectivity index (χ1) is 7.45. The van der Waals surface area contributed by atoms with Gasteiger partial charge in [0.1, 0.15) is 0 Å². The zero-order chi connectivity index (χ0) is 12.0. The van der Waals surface area contributed by atoms with E-state index in [0.717, 1.165) is 19.3 Å². The maximum Gasteiger partial charge on any atom is 0.228 e. The number of amides is 1. The van der Waals surface area contributed by atoms with Crippen LogP contribution in [0.25, 0.3) is 0 Å². The molecule has 2 aliphatic carbocycles. The summed E-state index contributed by atoms with van der Waals surface area (Å²) in [6, 6.07) is 0. The monoisotopic (exact) mass is 226 g/mol. The second kappa shape index (κ2) is 3.70. The van der Waals surface area contributed by atoms with Crippen molar-refractivity contribution < 1.29 is 9.90 Å². The van der Waals surface area contributed by atoms with Crippen molar-refractivity contribution in [1.82, 2.24) is 5.32 Å². The van der Waals surface area contributed by atoms with Crippen molar-refractivity contribution in [3.63, 3.8) is 0 Å². The van der Waals surface area contributed by atoms with Gasteiger partial charge in [-0.25, -0.2) is 0 Å². The van der Waals surface area contributed by atoms with Crippen LogP contribution < -0.4 is 11.1 Å². The molecule has 0 heterocycles. The summed E-state index contributed by atoms with van der Waals surface area (Å²) in [5.74, 6) is 0.477. The van der Waals surface area contributed by atoms with Crippen LogP contribution in [0.3, 0.4) is 0 Å². The lowest BCUT2D eigenvalue weighted by atomic mass is 9.69. The highest BCUT2D eigenvalue weighted by Crippen LogP contribution is 2.62. The Balaban J connectivity index is 2.17. The predicted molar refractivity (Wildman–Crippen MR) is 61.6 cm³/mol. The van der Waals surface area contributed by atoms with Crippen molar-refractivity contribution in [2.24, 2.45) is 22.5 Å². The van der Waals surface area contributed by atoms with Crippen LogP contribution >= 0.6 is 0 Å². The number of aliphatic hydroxyl groups excluding tert-OH is 1. The molecule has 2 rings (SSSR count). The highest BCUT2D eigenvalue weighted by Gasteiger charge is 2.64. The summed E-state index contributed by atoms with van der Waals surface area (Å²) in [4.78, 5) is 12.2. The fourth-order valence-electron chi connectivity index (χ4n) is 3.59. The van der Waals surface area contributed by atoms with Gasteiger partial charge in [0.25, 0.3) is 0 Å². The summed E-state index contributed by atoms with van der Waals surface area (Å²) in [6.07, 6.45) is 2.19. The Morgan fingerprint density at radius 3 is 2.75 bits per heavy atom. The maximum absolute atomic E-state index is 12.2. The molecule has 2 fully saturated rings. The van der Waals surface area contributed by atoms with Gasteiger partial charge in [0.05, 0.1) is 11.5 Å². The molecule has 2 aliphatic rings. The van der Waals surface area contributed by atoms with E-state index in [1.54, 1.807) is 0 Å². The number of nitrogens with one attached hydrogen (secondary N) is 1. The molecule has 16 heavy (non-hydrogen) atoms. The second-order valence-electron chi connectivity index (χ2n) is 5.86. The van der Waals surface area contributed by atoms with Crippen molar-refractivity contribution in [1.29, 1.82) is 0 Å². The quantitative estimate of drug-likeness (QED) is 0.645. The Morgan fingerprint density at radius 1 is 1.56 bits per heavy atom. The molecule has 0 aliphatic heterocycles. The van der Waals surface area contributed by atoms with Crippen molar-refractivity contribution in [2.45, 2.75) is 39.2 Å². The first-order valence-corrected chi connectivity index (χ1v) is 6.11. The highest BCUT2D eigenvalue weighted by atomic mass is 16.3. The van der Waals surface area contributed by atoms with Crippen molar-refractivity contribution in [3.8, 4) is 0 Å². The lowest BCUT2D eigenvalue weighted by Crippen LogP contribution is -2.50. The van der Waals surface area contributed by atoms with E-state index in [2.05, 4.69) is 19.2 Å². The van der Waals surface area contributed by atoms with E-state index >= 15 is 0 Å². The van der Waals surface area contributed by atoms with Gasteiger partial charge in [0.2, 0.25) is 5.91 Å². The van der Waals surface area contributed by atoms with Gasteiger partial charge in [-0.2, -0.15) is 0 Å².